The maximum Gasteiger partial charge on any atom is 0.518 e. The third kappa shape index (κ3) is 2.48. The van der Waals surface area contributed by atoms with Crippen molar-refractivity contribution in [1.82, 2.24) is 10.1 Å². The van der Waals surface area contributed by atoms with E-state index < -0.39 is 18.3 Å². The first-order chi connectivity index (χ1) is 11.7. The molecule has 0 spiro atoms. The molecule has 6 nitrogen and oxygen atoms in total. The Bertz CT molecular complexity index is 808. The number of ether oxygens (including phenoxy) is 1. The van der Waals surface area contributed by atoms with Crippen LogP contribution in [0, 0.1) is 13.8 Å². The quantitative estimate of drug-likeness (QED) is 0.782. The second-order valence-corrected chi connectivity index (χ2v) is 7.77. The van der Waals surface area contributed by atoms with E-state index in [4.69, 9.17) is 23.6 Å². The van der Waals surface area contributed by atoms with E-state index in [2.05, 4.69) is 11.2 Å². The number of aryl methyl sites for hydroxylation is 2. The summed E-state index contributed by atoms with van der Waals surface area (Å²) in [6, 6.07) is 2.06. The van der Waals surface area contributed by atoms with E-state index in [1.54, 1.807) is 0 Å². The molecule has 4 heterocycles. The molecule has 0 atom stereocenters. The first-order valence-electron chi connectivity index (χ1n) is 8.65. The van der Waals surface area contributed by atoms with E-state index in [1.165, 1.54) is 0 Å². The normalized spacial score (nSPS) is 20.6. The van der Waals surface area contributed by atoms with E-state index in [0.29, 0.717) is 12.2 Å². The Balaban J connectivity index is 1.84. The molecule has 0 saturated carbocycles. The van der Waals surface area contributed by atoms with Crippen molar-refractivity contribution in [3.63, 3.8) is 0 Å². The van der Waals surface area contributed by atoms with Crippen molar-refractivity contribution in [2.45, 2.75) is 59.2 Å². The predicted molar refractivity (Wildman–Crippen MR) is 94.1 cm³/mol. The zero-order valence-electron chi connectivity index (χ0n) is 15.6. The van der Waals surface area contributed by atoms with Gasteiger partial charge in [-0.05, 0) is 47.6 Å². The maximum atomic E-state index is 6.20. The molecule has 25 heavy (non-hydrogen) atoms. The molecule has 2 aliphatic rings. The van der Waals surface area contributed by atoms with Crippen LogP contribution in [0.3, 0.4) is 0 Å². The molecular formula is C18H23BN2O4. The van der Waals surface area contributed by atoms with Crippen LogP contribution in [0.5, 0.6) is 5.75 Å². The minimum atomic E-state index is -0.558. The Morgan fingerprint density at radius 1 is 1.08 bits per heavy atom. The van der Waals surface area contributed by atoms with Gasteiger partial charge in [0.25, 0.3) is 0 Å². The number of pyridine rings is 1. The Kier molecular flexibility index (Phi) is 3.53. The van der Waals surface area contributed by atoms with Crippen LogP contribution in [0.4, 0.5) is 0 Å². The third-order valence-electron chi connectivity index (χ3n) is 5.46. The van der Waals surface area contributed by atoms with Gasteiger partial charge < -0.3 is 18.6 Å². The van der Waals surface area contributed by atoms with Gasteiger partial charge in [-0.2, -0.15) is 0 Å². The van der Waals surface area contributed by atoms with Gasteiger partial charge in [0.2, 0.25) is 0 Å². The largest absolute Gasteiger partial charge is 0.518 e. The second-order valence-electron chi connectivity index (χ2n) is 7.77. The third-order valence-corrected chi connectivity index (χ3v) is 5.46. The molecule has 2 aromatic rings. The number of fused-ring (bicyclic) bond motifs is 1. The fourth-order valence-electron chi connectivity index (χ4n) is 3.31. The monoisotopic (exact) mass is 342 g/mol. The zero-order chi connectivity index (χ0) is 18.0. The van der Waals surface area contributed by atoms with Crippen molar-refractivity contribution >= 4 is 12.7 Å². The highest BCUT2D eigenvalue weighted by atomic mass is 16.7. The SMILES string of the molecule is Cc1noc(C)c1-c1cc2c(c(B3OC(C)(C)C(C)(C)O3)n1)OCC2. The maximum absolute atomic E-state index is 6.20. The molecule has 0 bridgehead atoms. The molecule has 0 aromatic carbocycles. The first kappa shape index (κ1) is 16.6. The molecule has 2 aliphatic heterocycles. The van der Waals surface area contributed by atoms with Gasteiger partial charge in [0.1, 0.15) is 17.1 Å². The summed E-state index contributed by atoms with van der Waals surface area (Å²) in [4.78, 5) is 4.85. The lowest BCUT2D eigenvalue weighted by atomic mass is 9.82. The Morgan fingerprint density at radius 2 is 1.76 bits per heavy atom. The zero-order valence-corrected chi connectivity index (χ0v) is 15.6. The van der Waals surface area contributed by atoms with Gasteiger partial charge in [-0.1, -0.05) is 5.16 Å². The van der Waals surface area contributed by atoms with Crippen molar-refractivity contribution in [3.05, 3.63) is 23.1 Å². The predicted octanol–water partition coefficient (Wildman–Crippen LogP) is 2.59. The lowest BCUT2D eigenvalue weighted by Crippen LogP contribution is -2.41. The Hall–Kier alpha value is -1.86. The Morgan fingerprint density at radius 3 is 2.36 bits per heavy atom. The molecule has 0 N–H and O–H groups in total. The molecular weight excluding hydrogens is 319 g/mol. The smallest absolute Gasteiger partial charge is 0.492 e. The van der Waals surface area contributed by atoms with Gasteiger partial charge in [-0.25, -0.2) is 0 Å². The highest BCUT2D eigenvalue weighted by Gasteiger charge is 2.53. The lowest BCUT2D eigenvalue weighted by molar-refractivity contribution is 0.00578. The molecule has 1 fully saturated rings. The number of hydrogen-bond acceptors (Lipinski definition) is 6. The molecule has 0 unspecified atom stereocenters. The van der Waals surface area contributed by atoms with Gasteiger partial charge in [0.05, 0.1) is 34.8 Å². The standard InChI is InChI=1S/C18H23BN2O4/c1-10-14(11(2)23-21-10)13-9-12-7-8-22-15(12)16(20-13)19-24-17(3,4)18(5,6)25-19/h9H,7-8H2,1-6H3. The van der Waals surface area contributed by atoms with Gasteiger partial charge in [-0.3, -0.25) is 4.98 Å². The van der Waals surface area contributed by atoms with Gasteiger partial charge in [0, 0.05) is 12.0 Å². The highest BCUT2D eigenvalue weighted by Crippen LogP contribution is 2.38. The molecule has 2 aromatic heterocycles. The number of nitrogens with zero attached hydrogens (tertiary/aromatic N) is 2. The average Bonchev–Trinajstić information content (AvgIpc) is 3.16. The van der Waals surface area contributed by atoms with Crippen LogP contribution in [0.2, 0.25) is 0 Å². The topological polar surface area (TPSA) is 66.6 Å². The van der Waals surface area contributed by atoms with Gasteiger partial charge in [0.15, 0.2) is 0 Å². The fourth-order valence-corrected chi connectivity index (χ4v) is 3.31. The molecule has 0 aliphatic carbocycles. The fraction of sp³-hybridized carbons (Fsp3) is 0.556. The molecule has 132 valence electrons. The van der Waals surface area contributed by atoms with Crippen LogP contribution in [0.1, 0.15) is 44.7 Å². The number of aromatic nitrogens is 2. The average molecular weight is 342 g/mol. The van der Waals surface area contributed by atoms with E-state index in [1.807, 2.05) is 41.5 Å². The minimum Gasteiger partial charge on any atom is -0.492 e. The van der Waals surface area contributed by atoms with Crippen molar-refractivity contribution in [2.75, 3.05) is 6.61 Å². The van der Waals surface area contributed by atoms with Crippen LogP contribution >= 0.6 is 0 Å². The summed E-state index contributed by atoms with van der Waals surface area (Å²) in [7, 11) is -0.558. The molecule has 0 amide bonds. The van der Waals surface area contributed by atoms with Crippen molar-refractivity contribution in [1.29, 1.82) is 0 Å². The second kappa shape index (κ2) is 5.32. The summed E-state index contributed by atoms with van der Waals surface area (Å²) in [6.45, 7) is 12.6. The van der Waals surface area contributed by atoms with E-state index >= 15 is 0 Å². The van der Waals surface area contributed by atoms with E-state index in [0.717, 1.165) is 40.4 Å². The van der Waals surface area contributed by atoms with Gasteiger partial charge >= 0.3 is 7.12 Å². The van der Waals surface area contributed by atoms with Crippen molar-refractivity contribution in [3.8, 4) is 17.0 Å². The Labute approximate surface area is 148 Å². The van der Waals surface area contributed by atoms with Crippen LogP contribution in [0.15, 0.2) is 10.6 Å². The summed E-state index contributed by atoms with van der Waals surface area (Å²) in [5.41, 5.74) is 3.54. The van der Waals surface area contributed by atoms with Crippen LogP contribution in [0.25, 0.3) is 11.3 Å². The van der Waals surface area contributed by atoms with Crippen LogP contribution < -0.4 is 10.3 Å². The summed E-state index contributed by atoms with van der Waals surface area (Å²) >= 11 is 0. The summed E-state index contributed by atoms with van der Waals surface area (Å²) in [6.07, 6.45) is 0.848. The molecule has 0 radical (unpaired) electrons. The minimum absolute atomic E-state index is 0.427. The highest BCUT2D eigenvalue weighted by molar-refractivity contribution is 6.62. The van der Waals surface area contributed by atoms with Crippen LogP contribution in [-0.4, -0.2) is 35.1 Å². The number of hydrogen-bond donors (Lipinski definition) is 0. The summed E-state index contributed by atoms with van der Waals surface area (Å²) < 4.78 is 23.6. The number of rotatable bonds is 2. The van der Waals surface area contributed by atoms with Crippen LogP contribution in [-0.2, 0) is 15.7 Å². The molecule has 1 saturated heterocycles. The van der Waals surface area contributed by atoms with Gasteiger partial charge in [-0.15, -0.1) is 0 Å². The molecule has 7 heteroatoms. The van der Waals surface area contributed by atoms with E-state index in [-0.39, 0.29) is 0 Å². The summed E-state index contributed by atoms with van der Waals surface area (Å²) in [5, 5.41) is 4.05. The lowest BCUT2D eigenvalue weighted by Gasteiger charge is -2.32. The molecule has 4 rings (SSSR count). The van der Waals surface area contributed by atoms with E-state index in [9.17, 15) is 0 Å². The van der Waals surface area contributed by atoms with Crippen molar-refractivity contribution < 1.29 is 18.6 Å². The van der Waals surface area contributed by atoms with Crippen molar-refractivity contribution in [2.24, 2.45) is 0 Å². The first-order valence-corrected chi connectivity index (χ1v) is 8.65. The summed E-state index contributed by atoms with van der Waals surface area (Å²) in [5.74, 6) is 1.54.